The molecule has 1 atom stereocenters. The summed E-state index contributed by atoms with van der Waals surface area (Å²) in [6.07, 6.45) is 1.72. The van der Waals surface area contributed by atoms with Crippen LogP contribution >= 0.6 is 11.6 Å². The molecule has 0 aliphatic heterocycles. The molecule has 3 nitrogen and oxygen atoms in total. The van der Waals surface area contributed by atoms with Crippen LogP contribution in [0.2, 0.25) is 5.02 Å². The molecule has 0 saturated heterocycles. The molecular formula is C14H21ClO3S. The molecule has 0 heterocycles. The quantitative estimate of drug-likeness (QED) is 0.803. The van der Waals surface area contributed by atoms with Gasteiger partial charge in [-0.3, -0.25) is 0 Å². The first kappa shape index (κ1) is 16.5. The van der Waals surface area contributed by atoms with Crippen LogP contribution in [0.1, 0.15) is 25.3 Å². The molecule has 1 N–H and O–H groups in total. The summed E-state index contributed by atoms with van der Waals surface area (Å²) in [6.45, 7) is 1.83. The van der Waals surface area contributed by atoms with Gasteiger partial charge in [-0.25, -0.2) is 8.42 Å². The Morgan fingerprint density at radius 1 is 1.26 bits per heavy atom. The molecule has 0 amide bonds. The van der Waals surface area contributed by atoms with Gasteiger partial charge >= 0.3 is 0 Å². The molecule has 1 rings (SSSR count). The lowest BCUT2D eigenvalue weighted by molar-refractivity contribution is 0.222. The van der Waals surface area contributed by atoms with Gasteiger partial charge in [0.25, 0.3) is 0 Å². The van der Waals surface area contributed by atoms with Gasteiger partial charge in [0.05, 0.1) is 5.75 Å². The molecule has 0 aromatic heterocycles. The smallest absolute Gasteiger partial charge is 0.150 e. The van der Waals surface area contributed by atoms with E-state index in [4.69, 9.17) is 11.6 Å². The van der Waals surface area contributed by atoms with Crippen molar-refractivity contribution in [3.63, 3.8) is 0 Å². The Morgan fingerprint density at radius 3 is 2.53 bits per heavy atom. The molecule has 0 aliphatic carbocycles. The van der Waals surface area contributed by atoms with Crippen molar-refractivity contribution in [1.29, 1.82) is 0 Å². The Balaban J connectivity index is 2.58. The number of halogens is 1. The summed E-state index contributed by atoms with van der Waals surface area (Å²) in [5.41, 5.74) is 0.955. The third kappa shape index (κ3) is 5.93. The number of aliphatic hydroxyl groups is 1. The summed E-state index contributed by atoms with van der Waals surface area (Å²) < 4.78 is 23.3. The maximum absolute atomic E-state index is 11.7. The lowest BCUT2D eigenvalue weighted by Gasteiger charge is -2.15. The Hall–Kier alpha value is -0.580. The highest BCUT2D eigenvalue weighted by Crippen LogP contribution is 2.20. The van der Waals surface area contributed by atoms with E-state index in [2.05, 4.69) is 0 Å². The number of hydrogen-bond acceptors (Lipinski definition) is 3. The van der Waals surface area contributed by atoms with Crippen molar-refractivity contribution in [3.05, 3.63) is 34.9 Å². The van der Waals surface area contributed by atoms with E-state index in [1.54, 1.807) is 6.07 Å². The third-order valence-electron chi connectivity index (χ3n) is 3.08. The number of aliphatic hydroxyl groups excluding tert-OH is 1. The fourth-order valence-electron chi connectivity index (χ4n) is 1.99. The number of rotatable bonds is 8. The number of benzene rings is 1. The average molecular weight is 305 g/mol. The molecule has 0 saturated carbocycles. The number of hydrogen-bond donors (Lipinski definition) is 1. The lowest BCUT2D eigenvalue weighted by atomic mass is 9.98. The maximum atomic E-state index is 11.7. The van der Waals surface area contributed by atoms with Crippen molar-refractivity contribution in [2.75, 3.05) is 18.1 Å². The van der Waals surface area contributed by atoms with E-state index in [1.807, 2.05) is 25.1 Å². The van der Waals surface area contributed by atoms with E-state index in [1.165, 1.54) is 0 Å². The predicted molar refractivity (Wildman–Crippen MR) is 79.3 cm³/mol. The minimum atomic E-state index is -2.98. The van der Waals surface area contributed by atoms with E-state index >= 15 is 0 Å². The highest BCUT2D eigenvalue weighted by molar-refractivity contribution is 7.91. The first-order chi connectivity index (χ1) is 8.98. The summed E-state index contributed by atoms with van der Waals surface area (Å²) in [5, 5.41) is 10.0. The second kappa shape index (κ2) is 7.88. The van der Waals surface area contributed by atoms with Gasteiger partial charge in [0.15, 0.2) is 0 Å². The van der Waals surface area contributed by atoms with Crippen molar-refractivity contribution in [2.24, 2.45) is 5.92 Å². The average Bonchev–Trinajstić information content (AvgIpc) is 2.36. The Labute approximate surface area is 120 Å². The zero-order valence-electron chi connectivity index (χ0n) is 11.2. The topological polar surface area (TPSA) is 54.4 Å². The zero-order chi connectivity index (χ0) is 14.3. The summed E-state index contributed by atoms with van der Waals surface area (Å²) in [7, 11) is -2.98. The Bertz CT molecular complexity index is 485. The summed E-state index contributed by atoms with van der Waals surface area (Å²) in [6, 6.07) is 7.46. The van der Waals surface area contributed by atoms with Crippen LogP contribution in [0, 0.1) is 5.92 Å². The fraction of sp³-hybridized carbons (Fsp3) is 0.571. The fourth-order valence-corrected chi connectivity index (χ4v) is 3.72. The van der Waals surface area contributed by atoms with Gasteiger partial charge in [0, 0.05) is 17.4 Å². The molecule has 0 fully saturated rings. The molecule has 1 aromatic rings. The molecule has 19 heavy (non-hydrogen) atoms. The zero-order valence-corrected chi connectivity index (χ0v) is 12.8. The standard InChI is InChI=1S/C14H21ClO3S/c1-2-8-19(17,18)9-7-12(11-16)10-13-5-3-4-6-14(13)15/h3-6,12,16H,2,7-11H2,1H3. The molecule has 5 heteroatoms. The van der Waals surface area contributed by atoms with Crippen molar-refractivity contribution in [3.8, 4) is 0 Å². The van der Waals surface area contributed by atoms with Gasteiger partial charge in [-0.15, -0.1) is 0 Å². The van der Waals surface area contributed by atoms with E-state index in [-0.39, 0.29) is 24.0 Å². The van der Waals surface area contributed by atoms with Crippen molar-refractivity contribution in [2.45, 2.75) is 26.2 Å². The van der Waals surface area contributed by atoms with Gasteiger partial charge in [-0.05, 0) is 36.8 Å². The Kier molecular flexibility index (Phi) is 6.83. The molecule has 0 bridgehead atoms. The largest absolute Gasteiger partial charge is 0.396 e. The molecular weight excluding hydrogens is 284 g/mol. The third-order valence-corrected chi connectivity index (χ3v) is 5.33. The Morgan fingerprint density at radius 2 is 1.95 bits per heavy atom. The van der Waals surface area contributed by atoms with E-state index in [0.717, 1.165) is 5.56 Å². The van der Waals surface area contributed by atoms with Crippen LogP contribution in [0.15, 0.2) is 24.3 Å². The molecule has 1 unspecified atom stereocenters. The highest BCUT2D eigenvalue weighted by Gasteiger charge is 2.16. The second-order valence-electron chi connectivity index (χ2n) is 4.78. The van der Waals surface area contributed by atoms with Gasteiger partial charge in [-0.2, -0.15) is 0 Å². The van der Waals surface area contributed by atoms with E-state index in [9.17, 15) is 13.5 Å². The summed E-state index contributed by atoms with van der Waals surface area (Å²) >= 11 is 6.07. The van der Waals surface area contributed by atoms with E-state index in [0.29, 0.717) is 24.3 Å². The van der Waals surface area contributed by atoms with Crippen LogP contribution in [0.5, 0.6) is 0 Å². The van der Waals surface area contributed by atoms with E-state index < -0.39 is 9.84 Å². The SMILES string of the molecule is CCCS(=O)(=O)CCC(CO)Cc1ccccc1Cl. The van der Waals surface area contributed by atoms with Gasteiger partial charge < -0.3 is 5.11 Å². The molecule has 0 aliphatic rings. The lowest BCUT2D eigenvalue weighted by Crippen LogP contribution is -2.18. The minimum Gasteiger partial charge on any atom is -0.396 e. The minimum absolute atomic E-state index is 0.0210. The first-order valence-corrected chi connectivity index (χ1v) is 8.73. The normalized spacial score (nSPS) is 13.4. The van der Waals surface area contributed by atoms with Crippen molar-refractivity contribution >= 4 is 21.4 Å². The van der Waals surface area contributed by atoms with Crippen LogP contribution in [0.3, 0.4) is 0 Å². The highest BCUT2D eigenvalue weighted by atomic mass is 35.5. The monoisotopic (exact) mass is 304 g/mol. The van der Waals surface area contributed by atoms with Crippen molar-refractivity contribution in [1.82, 2.24) is 0 Å². The van der Waals surface area contributed by atoms with Gasteiger partial charge in [0.1, 0.15) is 9.84 Å². The van der Waals surface area contributed by atoms with Crippen LogP contribution in [-0.2, 0) is 16.3 Å². The molecule has 0 spiro atoms. The van der Waals surface area contributed by atoms with Crippen LogP contribution < -0.4 is 0 Å². The molecule has 1 aromatic carbocycles. The van der Waals surface area contributed by atoms with Crippen LogP contribution in [0.4, 0.5) is 0 Å². The number of sulfone groups is 1. The van der Waals surface area contributed by atoms with Crippen LogP contribution in [-0.4, -0.2) is 31.6 Å². The predicted octanol–water partition coefficient (Wildman–Crippen LogP) is 2.71. The molecule has 0 radical (unpaired) electrons. The second-order valence-corrected chi connectivity index (χ2v) is 7.50. The van der Waals surface area contributed by atoms with Crippen LogP contribution in [0.25, 0.3) is 0 Å². The first-order valence-electron chi connectivity index (χ1n) is 6.53. The van der Waals surface area contributed by atoms with Crippen molar-refractivity contribution < 1.29 is 13.5 Å². The van der Waals surface area contributed by atoms with Gasteiger partial charge in [-0.1, -0.05) is 36.7 Å². The van der Waals surface area contributed by atoms with Gasteiger partial charge in [0.2, 0.25) is 0 Å². The summed E-state index contributed by atoms with van der Waals surface area (Å²) in [5.74, 6) is 0.292. The summed E-state index contributed by atoms with van der Waals surface area (Å²) in [4.78, 5) is 0. The molecule has 108 valence electrons. The maximum Gasteiger partial charge on any atom is 0.150 e.